The fourth-order valence-electron chi connectivity index (χ4n) is 5.10. The van der Waals surface area contributed by atoms with Crippen molar-refractivity contribution in [2.24, 2.45) is 0 Å². The summed E-state index contributed by atoms with van der Waals surface area (Å²) < 4.78 is 6.47. The summed E-state index contributed by atoms with van der Waals surface area (Å²) in [5.41, 5.74) is -0.257. The Morgan fingerprint density at radius 2 is 1.81 bits per heavy atom. The predicted octanol–water partition coefficient (Wildman–Crippen LogP) is 3.91. The molecule has 1 atom stereocenters. The number of fused-ring (bicyclic) bond motifs is 1. The van der Waals surface area contributed by atoms with Crippen LogP contribution in [0.1, 0.15) is 97.1 Å². The number of nitrogens with one attached hydrogen (secondary N) is 1. The van der Waals surface area contributed by atoms with Gasteiger partial charge in [0.1, 0.15) is 11.2 Å². The van der Waals surface area contributed by atoms with Crippen molar-refractivity contribution in [3.63, 3.8) is 0 Å². The zero-order chi connectivity index (χ0) is 25.9. The third kappa shape index (κ3) is 5.05. The minimum atomic E-state index is -1.33. The molecule has 2 aliphatic rings. The average Bonchev–Trinajstić information content (AvgIpc) is 3.25. The topological polar surface area (TPSA) is 111 Å². The van der Waals surface area contributed by atoms with Crippen LogP contribution in [-0.2, 0) is 16.1 Å². The van der Waals surface area contributed by atoms with Crippen LogP contribution in [0.25, 0.3) is 0 Å². The van der Waals surface area contributed by atoms with E-state index in [1.54, 1.807) is 38.1 Å². The molecular formula is C27H34N4O5. The Morgan fingerprint density at radius 3 is 2.47 bits per heavy atom. The smallest absolute Gasteiger partial charge is 0.358 e. The summed E-state index contributed by atoms with van der Waals surface area (Å²) in [5.74, 6) is -1.52. The van der Waals surface area contributed by atoms with Crippen LogP contribution in [0.15, 0.2) is 30.3 Å². The van der Waals surface area contributed by atoms with Crippen molar-refractivity contribution in [3.05, 3.63) is 47.3 Å². The van der Waals surface area contributed by atoms with Crippen LogP contribution in [-0.4, -0.2) is 51.5 Å². The largest absolute Gasteiger partial charge is 0.461 e. The first-order valence-corrected chi connectivity index (χ1v) is 12.8. The van der Waals surface area contributed by atoms with Gasteiger partial charge in [-0.3, -0.25) is 24.0 Å². The third-order valence-corrected chi connectivity index (χ3v) is 7.08. The molecule has 2 heterocycles. The molecule has 1 fully saturated rings. The molecule has 0 spiro atoms. The van der Waals surface area contributed by atoms with Crippen molar-refractivity contribution in [2.45, 2.75) is 83.8 Å². The van der Waals surface area contributed by atoms with E-state index < -0.39 is 17.4 Å². The quantitative estimate of drug-likeness (QED) is 0.482. The van der Waals surface area contributed by atoms with Gasteiger partial charge in [-0.25, -0.2) is 4.79 Å². The molecule has 0 saturated heterocycles. The summed E-state index contributed by atoms with van der Waals surface area (Å²) in [4.78, 5) is 53.6. The summed E-state index contributed by atoms with van der Waals surface area (Å²) >= 11 is 0. The Labute approximate surface area is 211 Å². The van der Waals surface area contributed by atoms with Crippen molar-refractivity contribution < 1.29 is 23.9 Å². The first-order valence-electron chi connectivity index (χ1n) is 12.8. The molecule has 2 aromatic rings. The molecule has 192 valence electrons. The number of rotatable bonds is 6. The van der Waals surface area contributed by atoms with Crippen LogP contribution in [0, 0.1) is 0 Å². The molecule has 0 radical (unpaired) electrons. The van der Waals surface area contributed by atoms with Crippen molar-refractivity contribution in [1.29, 1.82) is 0 Å². The zero-order valence-electron chi connectivity index (χ0n) is 21.2. The number of ether oxygens (including phenoxy) is 1. The van der Waals surface area contributed by atoms with Gasteiger partial charge < -0.3 is 10.1 Å². The molecule has 1 aliphatic heterocycles. The highest BCUT2D eigenvalue weighted by Crippen LogP contribution is 2.34. The van der Waals surface area contributed by atoms with E-state index in [1.807, 2.05) is 0 Å². The molecule has 0 bridgehead atoms. The highest BCUT2D eigenvalue weighted by Gasteiger charge is 2.49. The maximum atomic E-state index is 13.9. The van der Waals surface area contributed by atoms with Crippen molar-refractivity contribution in [3.8, 4) is 0 Å². The number of hydrogen-bond acceptors (Lipinski definition) is 6. The lowest BCUT2D eigenvalue weighted by Gasteiger charge is -2.44. The molecule has 9 heteroatoms. The molecule has 1 aliphatic carbocycles. The molecule has 4 rings (SSSR count). The minimum Gasteiger partial charge on any atom is -0.461 e. The number of esters is 1. The summed E-state index contributed by atoms with van der Waals surface area (Å²) in [6, 6.07) is 8.14. The van der Waals surface area contributed by atoms with Gasteiger partial charge in [0, 0.05) is 23.4 Å². The van der Waals surface area contributed by atoms with E-state index in [0.29, 0.717) is 11.3 Å². The lowest BCUT2D eigenvalue weighted by Crippen LogP contribution is -2.65. The number of ketones is 1. The Hall–Kier alpha value is -3.49. The van der Waals surface area contributed by atoms with E-state index in [0.717, 1.165) is 38.5 Å². The molecule has 1 aromatic carbocycles. The lowest BCUT2D eigenvalue weighted by atomic mass is 9.91. The molecule has 1 saturated carbocycles. The first-order chi connectivity index (χ1) is 17.2. The van der Waals surface area contributed by atoms with E-state index in [-0.39, 0.29) is 42.3 Å². The first kappa shape index (κ1) is 25.6. The van der Waals surface area contributed by atoms with Crippen LogP contribution in [0.2, 0.25) is 0 Å². The predicted molar refractivity (Wildman–Crippen MR) is 134 cm³/mol. The van der Waals surface area contributed by atoms with Gasteiger partial charge in [0.25, 0.3) is 5.91 Å². The van der Waals surface area contributed by atoms with Gasteiger partial charge in [0.15, 0.2) is 11.5 Å². The van der Waals surface area contributed by atoms with Crippen LogP contribution in [0.5, 0.6) is 0 Å². The van der Waals surface area contributed by atoms with Gasteiger partial charge in [0.05, 0.1) is 13.2 Å². The van der Waals surface area contributed by atoms with Crippen molar-refractivity contribution in [1.82, 2.24) is 15.1 Å². The number of benzene rings is 1. The molecule has 36 heavy (non-hydrogen) atoms. The van der Waals surface area contributed by atoms with Gasteiger partial charge in [-0.2, -0.15) is 5.10 Å². The van der Waals surface area contributed by atoms with Crippen molar-refractivity contribution in [2.75, 3.05) is 11.5 Å². The Morgan fingerprint density at radius 1 is 1.11 bits per heavy atom. The average molecular weight is 495 g/mol. The number of nitrogens with zero attached hydrogens (tertiary/aromatic N) is 3. The Balaban J connectivity index is 1.74. The molecule has 2 amide bonds. The molecular weight excluding hydrogens is 460 g/mol. The summed E-state index contributed by atoms with van der Waals surface area (Å²) in [5, 5.41) is 7.51. The van der Waals surface area contributed by atoms with E-state index >= 15 is 0 Å². The third-order valence-electron chi connectivity index (χ3n) is 7.08. The molecule has 1 aromatic heterocycles. The number of carbonyl (C=O) groups is 4. The number of anilines is 1. The maximum absolute atomic E-state index is 13.9. The number of hydrogen-bond donors (Lipinski definition) is 1. The number of aromatic nitrogens is 2. The second-order valence-corrected chi connectivity index (χ2v) is 9.83. The van der Waals surface area contributed by atoms with Gasteiger partial charge in [0.2, 0.25) is 5.91 Å². The van der Waals surface area contributed by atoms with Crippen LogP contribution >= 0.6 is 0 Å². The minimum absolute atomic E-state index is 0.0160. The van der Waals surface area contributed by atoms with Gasteiger partial charge in [-0.05, 0) is 45.7 Å². The standard InChI is InChI=1S/C27H34N4O5/c1-4-36-25(34)22-16-23-24(33)31(21-14-10-11-19(15-21)18(2)32)27(3,17-30(23)29-22)26(35)28-20-12-8-6-5-7-9-13-20/h10-11,14-16,20H,4-9,12-13,17H2,1-3H3,(H,28,35). The summed E-state index contributed by atoms with van der Waals surface area (Å²) in [6.45, 7) is 5.09. The van der Waals surface area contributed by atoms with E-state index in [4.69, 9.17) is 4.74 Å². The maximum Gasteiger partial charge on any atom is 0.358 e. The Kier molecular flexibility index (Phi) is 7.56. The number of carbonyl (C=O) groups excluding carboxylic acids is 4. The SMILES string of the molecule is CCOC(=O)c1cc2n(n1)CC(C)(C(=O)NC1CCCCCCC1)N(c1cccc(C(C)=O)c1)C2=O. The zero-order valence-corrected chi connectivity index (χ0v) is 21.2. The van der Waals surface area contributed by atoms with Crippen LogP contribution in [0.3, 0.4) is 0 Å². The molecule has 1 N–H and O–H groups in total. The van der Waals surface area contributed by atoms with E-state index in [1.165, 1.54) is 29.0 Å². The Bertz CT molecular complexity index is 1160. The van der Waals surface area contributed by atoms with Crippen molar-refractivity contribution >= 4 is 29.3 Å². The molecule has 1 unspecified atom stereocenters. The molecule has 9 nitrogen and oxygen atoms in total. The van der Waals surface area contributed by atoms with E-state index in [2.05, 4.69) is 10.4 Å². The fraction of sp³-hybridized carbons (Fsp3) is 0.519. The van der Waals surface area contributed by atoms with E-state index in [9.17, 15) is 19.2 Å². The van der Waals surface area contributed by atoms with Gasteiger partial charge >= 0.3 is 5.97 Å². The summed E-state index contributed by atoms with van der Waals surface area (Å²) in [6.07, 6.45) is 7.43. The highest BCUT2D eigenvalue weighted by molar-refractivity contribution is 6.13. The monoisotopic (exact) mass is 494 g/mol. The van der Waals surface area contributed by atoms with Gasteiger partial charge in [-0.1, -0.05) is 44.2 Å². The van der Waals surface area contributed by atoms with Crippen LogP contribution < -0.4 is 10.2 Å². The highest BCUT2D eigenvalue weighted by atomic mass is 16.5. The van der Waals surface area contributed by atoms with Gasteiger partial charge in [-0.15, -0.1) is 0 Å². The lowest BCUT2D eigenvalue weighted by molar-refractivity contribution is -0.127. The second kappa shape index (κ2) is 10.6. The number of amides is 2. The number of Topliss-reactive ketones (excluding diaryl/α,β-unsaturated/α-hetero) is 1. The second-order valence-electron chi connectivity index (χ2n) is 9.83. The van der Waals surface area contributed by atoms with Crippen LogP contribution in [0.4, 0.5) is 5.69 Å². The summed E-state index contributed by atoms with van der Waals surface area (Å²) in [7, 11) is 0. The normalized spacial score (nSPS) is 20.8. The fourth-order valence-corrected chi connectivity index (χ4v) is 5.10.